The number of halogens is 2. The molecule has 4 aromatic rings. The first kappa shape index (κ1) is 28.8. The molecule has 0 saturated heterocycles. The average molecular weight is 597 g/mol. The fraction of sp³-hybridized carbons (Fsp3) is 0.290. The van der Waals surface area contributed by atoms with Crippen LogP contribution < -0.4 is 14.8 Å². The van der Waals surface area contributed by atoms with Gasteiger partial charge in [-0.1, -0.05) is 42.3 Å². The van der Waals surface area contributed by atoms with Gasteiger partial charge in [-0.25, -0.2) is 4.79 Å². The Balaban J connectivity index is 1.36. The molecule has 0 saturated carbocycles. The fourth-order valence-corrected chi connectivity index (χ4v) is 5.28. The van der Waals surface area contributed by atoms with Crippen molar-refractivity contribution in [1.82, 2.24) is 15.2 Å². The van der Waals surface area contributed by atoms with Gasteiger partial charge in [0.05, 0.1) is 12.7 Å². The van der Waals surface area contributed by atoms with Crippen molar-refractivity contribution >= 4 is 46.1 Å². The minimum atomic E-state index is -0.693. The quantitative estimate of drug-likeness (QED) is 0.211. The molecule has 214 valence electrons. The zero-order chi connectivity index (χ0) is 28.9. The Labute approximate surface area is 248 Å². The van der Waals surface area contributed by atoms with E-state index in [0.29, 0.717) is 54.0 Å². The number of nitrogens with one attached hydrogen (secondary N) is 2. The van der Waals surface area contributed by atoms with E-state index in [-0.39, 0.29) is 12.5 Å². The van der Waals surface area contributed by atoms with Gasteiger partial charge in [0, 0.05) is 52.6 Å². The van der Waals surface area contributed by atoms with Crippen LogP contribution in [0.4, 0.5) is 4.79 Å². The number of hydrogen-bond acceptors (Lipinski definition) is 5. The molecule has 0 bridgehead atoms. The highest BCUT2D eigenvalue weighted by atomic mass is 35.5. The smallest absolute Gasteiger partial charge is 0.416 e. The monoisotopic (exact) mass is 595 g/mol. The van der Waals surface area contributed by atoms with Gasteiger partial charge < -0.3 is 24.9 Å². The molecule has 0 radical (unpaired) electrons. The summed E-state index contributed by atoms with van der Waals surface area (Å²) in [6.45, 7) is 2.70. The molecular weight excluding hydrogens is 565 g/mol. The van der Waals surface area contributed by atoms with E-state index < -0.39 is 18.2 Å². The summed E-state index contributed by atoms with van der Waals surface area (Å²) in [6, 6.07) is 19.5. The van der Waals surface area contributed by atoms with Crippen LogP contribution in [-0.4, -0.2) is 52.8 Å². The van der Waals surface area contributed by atoms with E-state index in [1.165, 1.54) is 0 Å². The van der Waals surface area contributed by atoms with Crippen molar-refractivity contribution in [2.24, 2.45) is 0 Å². The van der Waals surface area contributed by atoms with E-state index in [1.54, 1.807) is 36.1 Å². The summed E-state index contributed by atoms with van der Waals surface area (Å²) in [5, 5.41) is 15.0. The number of ether oxygens (including phenoxy) is 2. The van der Waals surface area contributed by atoms with Crippen molar-refractivity contribution in [2.75, 3.05) is 19.7 Å². The summed E-state index contributed by atoms with van der Waals surface area (Å²) in [6.07, 6.45) is 0.231. The highest BCUT2D eigenvalue weighted by Crippen LogP contribution is 2.40. The van der Waals surface area contributed by atoms with Crippen LogP contribution in [-0.2, 0) is 11.2 Å². The van der Waals surface area contributed by atoms with Gasteiger partial charge >= 0.3 is 6.09 Å². The van der Waals surface area contributed by atoms with Gasteiger partial charge in [0.2, 0.25) is 5.91 Å². The number of amides is 2. The molecule has 1 aliphatic rings. The van der Waals surface area contributed by atoms with E-state index >= 15 is 0 Å². The van der Waals surface area contributed by atoms with Crippen molar-refractivity contribution in [1.29, 1.82) is 0 Å². The molecule has 5 rings (SSSR count). The number of carbonyl (C=O) groups excluding carboxylic acids is 2. The number of aliphatic hydroxyl groups is 1. The number of nitrogens with zero attached hydrogens (tertiary/aromatic N) is 1. The Hall–Kier alpha value is -3.72. The summed E-state index contributed by atoms with van der Waals surface area (Å²) in [4.78, 5) is 30.1. The Kier molecular flexibility index (Phi) is 9.03. The number of hydrogen-bond donors (Lipinski definition) is 3. The molecule has 3 N–H and O–H groups in total. The van der Waals surface area contributed by atoms with Crippen LogP contribution in [0.5, 0.6) is 11.5 Å². The van der Waals surface area contributed by atoms with Gasteiger partial charge in [-0.3, -0.25) is 9.69 Å². The molecule has 0 fully saturated rings. The van der Waals surface area contributed by atoms with Crippen LogP contribution in [0.2, 0.25) is 10.0 Å². The minimum absolute atomic E-state index is 0.101. The van der Waals surface area contributed by atoms with Crippen LogP contribution >= 0.6 is 23.2 Å². The van der Waals surface area contributed by atoms with E-state index in [0.717, 1.165) is 27.7 Å². The summed E-state index contributed by atoms with van der Waals surface area (Å²) in [7, 11) is 0. The van der Waals surface area contributed by atoms with Gasteiger partial charge in [-0.05, 0) is 72.1 Å². The molecule has 2 atom stereocenters. The van der Waals surface area contributed by atoms with Crippen molar-refractivity contribution < 1.29 is 24.2 Å². The van der Waals surface area contributed by atoms with E-state index in [1.807, 2.05) is 42.5 Å². The number of carbonyl (C=O) groups is 2. The first-order valence-corrected chi connectivity index (χ1v) is 14.3. The first-order valence-electron chi connectivity index (χ1n) is 13.5. The standard InChI is InChI=1S/C31H31Cl2N3O5/c1-2-28(38)34-18-22(37)14-16-40-23-8-3-19(4-9-23)30-29-25(26-17-21(33)7-12-27(26)35-29)13-15-36(30)31(39)41-24-10-5-20(32)6-11-24/h3-12,17,22,30,35,37H,2,13-16,18H2,1H3,(H,34,38). The van der Waals surface area contributed by atoms with E-state index in [4.69, 9.17) is 32.7 Å². The number of fused-ring (bicyclic) bond motifs is 3. The van der Waals surface area contributed by atoms with Crippen LogP contribution in [0, 0.1) is 0 Å². The van der Waals surface area contributed by atoms with Crippen LogP contribution in [0.25, 0.3) is 10.9 Å². The van der Waals surface area contributed by atoms with Gasteiger partial charge in [-0.2, -0.15) is 0 Å². The summed E-state index contributed by atoms with van der Waals surface area (Å²) < 4.78 is 11.6. The van der Waals surface area contributed by atoms with Crippen molar-refractivity contribution in [3.8, 4) is 11.5 Å². The Morgan fingerprint density at radius 3 is 2.49 bits per heavy atom. The number of aromatic nitrogens is 1. The molecule has 3 aromatic carbocycles. The molecule has 2 heterocycles. The second-order valence-electron chi connectivity index (χ2n) is 9.89. The molecule has 0 aliphatic carbocycles. The maximum Gasteiger partial charge on any atom is 0.416 e. The summed E-state index contributed by atoms with van der Waals surface area (Å²) >= 11 is 12.3. The van der Waals surface area contributed by atoms with Gasteiger partial charge in [0.15, 0.2) is 0 Å². The molecule has 8 nitrogen and oxygen atoms in total. The number of aliphatic hydroxyl groups excluding tert-OH is 1. The van der Waals surface area contributed by atoms with Crippen molar-refractivity contribution in [3.05, 3.63) is 93.6 Å². The zero-order valence-electron chi connectivity index (χ0n) is 22.5. The molecule has 0 spiro atoms. The Morgan fingerprint density at radius 1 is 1.05 bits per heavy atom. The number of rotatable bonds is 9. The second kappa shape index (κ2) is 12.9. The van der Waals surface area contributed by atoms with Crippen LogP contribution in [0.1, 0.15) is 42.6 Å². The van der Waals surface area contributed by atoms with Crippen molar-refractivity contribution in [2.45, 2.75) is 38.3 Å². The minimum Gasteiger partial charge on any atom is -0.493 e. The molecule has 2 amide bonds. The highest BCUT2D eigenvalue weighted by molar-refractivity contribution is 6.31. The summed E-state index contributed by atoms with van der Waals surface area (Å²) in [5.74, 6) is 0.941. The molecule has 1 aromatic heterocycles. The van der Waals surface area contributed by atoms with Crippen LogP contribution in [0.3, 0.4) is 0 Å². The molecule has 2 unspecified atom stereocenters. The first-order chi connectivity index (χ1) is 19.8. The number of benzene rings is 3. The fourth-order valence-electron chi connectivity index (χ4n) is 4.98. The van der Waals surface area contributed by atoms with E-state index in [9.17, 15) is 14.7 Å². The Morgan fingerprint density at radius 2 is 1.76 bits per heavy atom. The largest absolute Gasteiger partial charge is 0.493 e. The highest BCUT2D eigenvalue weighted by Gasteiger charge is 2.35. The maximum absolute atomic E-state index is 13.5. The lowest BCUT2D eigenvalue weighted by Gasteiger charge is -2.35. The summed E-state index contributed by atoms with van der Waals surface area (Å²) in [5.41, 5.74) is 3.86. The topological polar surface area (TPSA) is 104 Å². The average Bonchev–Trinajstić information content (AvgIpc) is 3.34. The van der Waals surface area contributed by atoms with Crippen molar-refractivity contribution in [3.63, 3.8) is 0 Å². The normalized spacial score (nSPS) is 15.3. The zero-order valence-corrected chi connectivity index (χ0v) is 24.0. The molecule has 41 heavy (non-hydrogen) atoms. The predicted octanol–water partition coefficient (Wildman–Crippen LogP) is 6.28. The second-order valence-corrected chi connectivity index (χ2v) is 10.8. The Bertz CT molecular complexity index is 1520. The van der Waals surface area contributed by atoms with Gasteiger partial charge in [-0.15, -0.1) is 0 Å². The van der Waals surface area contributed by atoms with Gasteiger partial charge in [0.25, 0.3) is 0 Å². The van der Waals surface area contributed by atoms with Gasteiger partial charge in [0.1, 0.15) is 17.5 Å². The molecule has 1 aliphatic heterocycles. The molecule has 10 heteroatoms. The lowest BCUT2D eigenvalue weighted by Crippen LogP contribution is -2.42. The lowest BCUT2D eigenvalue weighted by atomic mass is 9.92. The molecular formula is C31H31Cl2N3O5. The number of aromatic amines is 1. The third-order valence-corrected chi connectivity index (χ3v) is 7.60. The number of H-pyrrole nitrogens is 1. The maximum atomic E-state index is 13.5. The van der Waals surface area contributed by atoms with E-state index in [2.05, 4.69) is 10.3 Å². The third-order valence-electron chi connectivity index (χ3n) is 7.11. The lowest BCUT2D eigenvalue weighted by molar-refractivity contribution is -0.121. The SMILES string of the molecule is CCC(=O)NCC(O)CCOc1ccc(C2c3[nH]c4ccc(Cl)cc4c3CCN2C(=O)Oc2ccc(Cl)cc2)cc1. The van der Waals surface area contributed by atoms with Crippen LogP contribution in [0.15, 0.2) is 66.7 Å². The predicted molar refractivity (Wildman–Crippen MR) is 159 cm³/mol. The third kappa shape index (κ3) is 6.78.